The van der Waals surface area contributed by atoms with Gasteiger partial charge in [-0.15, -0.1) is 5.10 Å². The quantitative estimate of drug-likeness (QED) is 0.882. The highest BCUT2D eigenvalue weighted by Gasteiger charge is 2.10. The van der Waals surface area contributed by atoms with E-state index in [0.717, 1.165) is 12.2 Å². The molecule has 1 heterocycles. The van der Waals surface area contributed by atoms with Crippen LogP contribution in [0.1, 0.15) is 23.2 Å². The lowest BCUT2D eigenvalue weighted by atomic mass is 10.1. The summed E-state index contributed by atoms with van der Waals surface area (Å²) in [6.45, 7) is 0.759. The lowest BCUT2D eigenvalue weighted by molar-refractivity contribution is 0.911. The molecule has 0 fully saturated rings. The second-order valence-corrected chi connectivity index (χ2v) is 4.70. The maximum absolute atomic E-state index is 4.01. The van der Waals surface area contributed by atoms with Crippen molar-refractivity contribution in [3.05, 3.63) is 40.4 Å². The zero-order chi connectivity index (χ0) is 10.8. The van der Waals surface area contributed by atoms with E-state index in [4.69, 9.17) is 0 Å². The molecule has 0 bridgehead atoms. The highest BCUT2D eigenvalue weighted by Crippen LogP contribution is 2.25. The van der Waals surface area contributed by atoms with E-state index < -0.39 is 0 Å². The van der Waals surface area contributed by atoms with E-state index in [9.17, 15) is 0 Å². The van der Waals surface area contributed by atoms with Crippen LogP contribution in [0.15, 0.2) is 23.6 Å². The molecule has 0 saturated heterocycles. The number of hydrogen-bond donors (Lipinski definition) is 1. The van der Waals surface area contributed by atoms with Gasteiger partial charge in [-0.25, -0.2) is 0 Å². The van der Waals surface area contributed by atoms with Gasteiger partial charge in [-0.3, -0.25) is 0 Å². The molecule has 0 saturated carbocycles. The van der Waals surface area contributed by atoms with Gasteiger partial charge in [0, 0.05) is 11.1 Å². The molecule has 0 spiro atoms. The van der Waals surface area contributed by atoms with Crippen molar-refractivity contribution in [2.75, 3.05) is 5.32 Å². The SMILES string of the molecule is c1cc2c(cc1NCc1csnn1)CCC2. The van der Waals surface area contributed by atoms with Crippen LogP contribution in [0.4, 0.5) is 5.69 Å². The van der Waals surface area contributed by atoms with E-state index in [1.165, 1.54) is 47.6 Å². The van der Waals surface area contributed by atoms with Gasteiger partial charge >= 0.3 is 0 Å². The minimum Gasteiger partial charge on any atom is -0.379 e. The predicted molar refractivity (Wildman–Crippen MR) is 65.7 cm³/mol. The summed E-state index contributed by atoms with van der Waals surface area (Å²) >= 11 is 1.39. The Morgan fingerprint density at radius 2 is 2.19 bits per heavy atom. The van der Waals surface area contributed by atoms with Gasteiger partial charge in [-0.2, -0.15) is 0 Å². The molecular weight excluding hydrogens is 218 g/mol. The van der Waals surface area contributed by atoms with Crippen LogP contribution in [0, 0.1) is 0 Å². The van der Waals surface area contributed by atoms with E-state index in [1.54, 1.807) is 0 Å². The summed E-state index contributed by atoms with van der Waals surface area (Å²) in [7, 11) is 0. The Hall–Kier alpha value is -1.42. The van der Waals surface area contributed by atoms with Crippen LogP contribution in [0.2, 0.25) is 0 Å². The first-order valence-electron chi connectivity index (χ1n) is 5.53. The summed E-state index contributed by atoms with van der Waals surface area (Å²) in [5.41, 5.74) is 5.21. The van der Waals surface area contributed by atoms with E-state index >= 15 is 0 Å². The molecule has 1 N–H and O–H groups in total. The molecule has 0 aliphatic heterocycles. The zero-order valence-corrected chi connectivity index (χ0v) is 9.76. The summed E-state index contributed by atoms with van der Waals surface area (Å²) < 4.78 is 3.84. The average Bonchev–Trinajstić information content (AvgIpc) is 2.97. The van der Waals surface area contributed by atoms with Crippen molar-refractivity contribution in [1.82, 2.24) is 9.59 Å². The van der Waals surface area contributed by atoms with Gasteiger partial charge in [0.05, 0.1) is 12.2 Å². The maximum Gasteiger partial charge on any atom is 0.0946 e. The van der Waals surface area contributed by atoms with Crippen molar-refractivity contribution >= 4 is 17.2 Å². The van der Waals surface area contributed by atoms with Crippen molar-refractivity contribution in [2.45, 2.75) is 25.8 Å². The highest BCUT2D eigenvalue weighted by molar-refractivity contribution is 7.03. The molecule has 0 radical (unpaired) electrons. The van der Waals surface area contributed by atoms with Crippen molar-refractivity contribution in [1.29, 1.82) is 0 Å². The molecular formula is C12H13N3S. The minimum absolute atomic E-state index is 0.759. The van der Waals surface area contributed by atoms with Crippen LogP contribution in [0.3, 0.4) is 0 Å². The summed E-state index contributed by atoms with van der Waals surface area (Å²) in [5.74, 6) is 0. The number of rotatable bonds is 3. The second-order valence-electron chi connectivity index (χ2n) is 4.09. The fraction of sp³-hybridized carbons (Fsp3) is 0.333. The standard InChI is InChI=1S/C12H13N3S/c1-2-9-4-5-11(6-10(9)3-1)13-7-12-8-16-15-14-12/h4-6,8,13H,1-3,7H2. The third-order valence-corrected chi connectivity index (χ3v) is 3.53. The van der Waals surface area contributed by atoms with Crippen molar-refractivity contribution in [2.24, 2.45) is 0 Å². The topological polar surface area (TPSA) is 37.8 Å². The maximum atomic E-state index is 4.01. The molecule has 1 aliphatic rings. The highest BCUT2D eigenvalue weighted by atomic mass is 32.1. The lowest BCUT2D eigenvalue weighted by Gasteiger charge is -2.06. The van der Waals surface area contributed by atoms with Crippen LogP contribution in [-0.2, 0) is 19.4 Å². The van der Waals surface area contributed by atoms with Gasteiger partial charge in [-0.05, 0) is 54.1 Å². The second kappa shape index (κ2) is 4.22. The number of aryl methyl sites for hydroxylation is 2. The fourth-order valence-electron chi connectivity index (χ4n) is 2.14. The Morgan fingerprint density at radius 1 is 1.25 bits per heavy atom. The van der Waals surface area contributed by atoms with Gasteiger partial charge in [0.15, 0.2) is 0 Å². The van der Waals surface area contributed by atoms with Gasteiger partial charge in [0.25, 0.3) is 0 Å². The summed E-state index contributed by atoms with van der Waals surface area (Å²) in [6, 6.07) is 6.66. The molecule has 4 heteroatoms. The Labute approximate surface area is 98.7 Å². The predicted octanol–water partition coefficient (Wildman–Crippen LogP) is 2.64. The van der Waals surface area contributed by atoms with Gasteiger partial charge in [0.1, 0.15) is 0 Å². The number of hydrogen-bond acceptors (Lipinski definition) is 4. The number of aromatic nitrogens is 2. The number of nitrogens with zero attached hydrogens (tertiary/aromatic N) is 2. The molecule has 3 nitrogen and oxygen atoms in total. The Bertz CT molecular complexity index is 479. The summed E-state index contributed by atoms with van der Waals surface area (Å²) in [5, 5.41) is 9.36. The van der Waals surface area contributed by atoms with Crippen LogP contribution >= 0.6 is 11.5 Å². The first-order valence-corrected chi connectivity index (χ1v) is 6.37. The molecule has 82 valence electrons. The number of nitrogens with one attached hydrogen (secondary N) is 1. The van der Waals surface area contributed by atoms with Crippen LogP contribution in [0.5, 0.6) is 0 Å². The number of fused-ring (bicyclic) bond motifs is 1. The lowest BCUT2D eigenvalue weighted by Crippen LogP contribution is -2.00. The zero-order valence-electron chi connectivity index (χ0n) is 8.94. The molecule has 3 rings (SSSR count). The van der Waals surface area contributed by atoms with Crippen molar-refractivity contribution < 1.29 is 0 Å². The fourth-order valence-corrected chi connectivity index (χ4v) is 2.59. The van der Waals surface area contributed by atoms with E-state index in [1.807, 2.05) is 5.38 Å². The van der Waals surface area contributed by atoms with Crippen LogP contribution < -0.4 is 5.32 Å². The third kappa shape index (κ3) is 1.93. The molecule has 0 unspecified atom stereocenters. The molecule has 16 heavy (non-hydrogen) atoms. The minimum atomic E-state index is 0.759. The first kappa shape index (κ1) is 9.78. The molecule has 1 aromatic heterocycles. The Morgan fingerprint density at radius 3 is 3.06 bits per heavy atom. The van der Waals surface area contributed by atoms with Crippen LogP contribution in [0.25, 0.3) is 0 Å². The van der Waals surface area contributed by atoms with E-state index in [2.05, 4.69) is 33.1 Å². The van der Waals surface area contributed by atoms with Gasteiger partial charge in [-0.1, -0.05) is 10.6 Å². The van der Waals surface area contributed by atoms with Crippen LogP contribution in [-0.4, -0.2) is 9.59 Å². The molecule has 0 amide bonds. The van der Waals surface area contributed by atoms with E-state index in [0.29, 0.717) is 0 Å². The third-order valence-electron chi connectivity index (χ3n) is 2.98. The Kier molecular flexibility index (Phi) is 2.58. The molecule has 2 aromatic rings. The van der Waals surface area contributed by atoms with E-state index in [-0.39, 0.29) is 0 Å². The van der Waals surface area contributed by atoms with Crippen molar-refractivity contribution in [3.8, 4) is 0 Å². The number of anilines is 1. The summed E-state index contributed by atoms with van der Waals surface area (Å²) in [4.78, 5) is 0. The average molecular weight is 231 g/mol. The van der Waals surface area contributed by atoms with Gasteiger partial charge in [0.2, 0.25) is 0 Å². The molecule has 0 atom stereocenters. The largest absolute Gasteiger partial charge is 0.379 e. The normalized spacial score (nSPS) is 13.8. The molecule has 1 aromatic carbocycles. The van der Waals surface area contributed by atoms with Gasteiger partial charge < -0.3 is 5.32 Å². The van der Waals surface area contributed by atoms with Crippen molar-refractivity contribution in [3.63, 3.8) is 0 Å². The monoisotopic (exact) mass is 231 g/mol. The molecule has 1 aliphatic carbocycles. The smallest absolute Gasteiger partial charge is 0.0946 e. The number of benzene rings is 1. The Balaban J connectivity index is 1.71. The summed E-state index contributed by atoms with van der Waals surface area (Å²) in [6.07, 6.45) is 3.77. The first-order chi connectivity index (χ1) is 7.92.